The van der Waals surface area contributed by atoms with Gasteiger partial charge in [0.15, 0.2) is 0 Å². The summed E-state index contributed by atoms with van der Waals surface area (Å²) in [4.78, 5) is 0. The molecule has 0 amide bonds. The van der Waals surface area contributed by atoms with E-state index in [4.69, 9.17) is 11.6 Å². The molecule has 0 radical (unpaired) electrons. The zero-order valence-electron chi connectivity index (χ0n) is 9.16. The van der Waals surface area contributed by atoms with E-state index in [2.05, 4.69) is 17.2 Å². The summed E-state index contributed by atoms with van der Waals surface area (Å²) in [5, 5.41) is 2.77. The molecule has 1 aromatic carbocycles. The first-order valence-electron chi connectivity index (χ1n) is 4.95. The molecule has 1 N–H and O–H groups in total. The Morgan fingerprint density at radius 3 is 2.65 bits per heavy atom. The Kier molecular flexibility index (Phi) is 4.71. The fraction of sp³-hybridized carbons (Fsp3) is 0.333. The predicted octanol–water partition coefficient (Wildman–Crippen LogP) is 4.18. The lowest BCUT2D eigenvalue weighted by Gasteiger charge is -2.14. The van der Waals surface area contributed by atoms with E-state index < -0.39 is 11.7 Å². The van der Waals surface area contributed by atoms with Gasteiger partial charge in [-0.25, -0.2) is 0 Å². The van der Waals surface area contributed by atoms with Crippen molar-refractivity contribution in [2.45, 2.75) is 19.5 Å². The highest BCUT2D eigenvalue weighted by molar-refractivity contribution is 6.30. The fourth-order valence-electron chi connectivity index (χ4n) is 1.29. The quantitative estimate of drug-likeness (QED) is 0.636. The number of hydrogen-bond acceptors (Lipinski definition) is 1. The standard InChI is InChI=1S/C12H11ClF3N/c1-2-3-4-7-17-11-6-5-9(13)8-10(11)12(14,15)16/h5-6,8,17H,4,7H2,1H3. The normalized spacial score (nSPS) is 10.6. The molecule has 0 aliphatic heterocycles. The molecule has 0 saturated heterocycles. The van der Waals surface area contributed by atoms with Crippen LogP contribution < -0.4 is 5.32 Å². The molecule has 0 unspecified atom stereocenters. The number of rotatable bonds is 3. The highest BCUT2D eigenvalue weighted by Gasteiger charge is 2.33. The molecular weight excluding hydrogens is 251 g/mol. The average molecular weight is 262 g/mol. The summed E-state index contributed by atoms with van der Waals surface area (Å²) < 4.78 is 38.0. The summed E-state index contributed by atoms with van der Waals surface area (Å²) in [7, 11) is 0. The molecule has 0 spiro atoms. The van der Waals surface area contributed by atoms with E-state index in [0.29, 0.717) is 13.0 Å². The summed E-state index contributed by atoms with van der Waals surface area (Å²) in [6, 6.07) is 3.66. The Balaban J connectivity index is 2.86. The van der Waals surface area contributed by atoms with Crippen LogP contribution >= 0.6 is 11.6 Å². The summed E-state index contributed by atoms with van der Waals surface area (Å²) in [6.45, 7) is 2.05. The van der Waals surface area contributed by atoms with Gasteiger partial charge in [0.05, 0.1) is 5.56 Å². The summed E-state index contributed by atoms with van der Waals surface area (Å²) >= 11 is 5.56. The third-order valence-corrected chi connectivity index (χ3v) is 2.26. The molecule has 0 saturated carbocycles. The molecule has 1 aromatic rings. The van der Waals surface area contributed by atoms with Crippen molar-refractivity contribution < 1.29 is 13.2 Å². The van der Waals surface area contributed by atoms with Gasteiger partial charge in [-0.2, -0.15) is 13.2 Å². The van der Waals surface area contributed by atoms with E-state index in [1.54, 1.807) is 6.92 Å². The molecule has 0 fully saturated rings. The average Bonchev–Trinajstić information content (AvgIpc) is 2.25. The number of benzene rings is 1. The monoisotopic (exact) mass is 261 g/mol. The highest BCUT2D eigenvalue weighted by atomic mass is 35.5. The van der Waals surface area contributed by atoms with E-state index in [1.165, 1.54) is 12.1 Å². The van der Waals surface area contributed by atoms with E-state index in [1.807, 2.05) is 0 Å². The third kappa shape index (κ3) is 4.20. The maximum Gasteiger partial charge on any atom is 0.418 e. The van der Waals surface area contributed by atoms with Crippen LogP contribution in [0.3, 0.4) is 0 Å². The number of halogens is 4. The Morgan fingerprint density at radius 1 is 1.35 bits per heavy atom. The van der Waals surface area contributed by atoms with Crippen molar-refractivity contribution in [1.82, 2.24) is 0 Å². The van der Waals surface area contributed by atoms with E-state index >= 15 is 0 Å². The largest absolute Gasteiger partial charge is 0.418 e. The first-order valence-corrected chi connectivity index (χ1v) is 5.33. The minimum Gasteiger partial charge on any atom is -0.384 e. The Hall–Kier alpha value is -1.34. The van der Waals surface area contributed by atoms with Crippen LogP contribution in [0.4, 0.5) is 18.9 Å². The Labute approximate surface area is 103 Å². The maximum absolute atomic E-state index is 12.7. The summed E-state index contributed by atoms with van der Waals surface area (Å²) in [5.74, 6) is 5.44. The van der Waals surface area contributed by atoms with Crippen molar-refractivity contribution in [2.24, 2.45) is 0 Å². The van der Waals surface area contributed by atoms with Gasteiger partial charge in [0.1, 0.15) is 0 Å². The molecule has 0 bridgehead atoms. The van der Waals surface area contributed by atoms with Crippen molar-refractivity contribution in [1.29, 1.82) is 0 Å². The zero-order chi connectivity index (χ0) is 12.9. The smallest absolute Gasteiger partial charge is 0.384 e. The molecular formula is C12H11ClF3N. The molecule has 0 aliphatic rings. The molecule has 0 heterocycles. The van der Waals surface area contributed by atoms with E-state index in [-0.39, 0.29) is 10.7 Å². The maximum atomic E-state index is 12.7. The van der Waals surface area contributed by atoms with Crippen LogP contribution in [0, 0.1) is 11.8 Å². The predicted molar refractivity (Wildman–Crippen MR) is 63.0 cm³/mol. The SMILES string of the molecule is CC#CCCNc1ccc(Cl)cc1C(F)(F)F. The van der Waals surface area contributed by atoms with Crippen molar-refractivity contribution in [3.63, 3.8) is 0 Å². The van der Waals surface area contributed by atoms with Crippen molar-refractivity contribution >= 4 is 17.3 Å². The van der Waals surface area contributed by atoms with E-state index in [9.17, 15) is 13.2 Å². The molecule has 92 valence electrons. The number of anilines is 1. The highest BCUT2D eigenvalue weighted by Crippen LogP contribution is 2.36. The Morgan fingerprint density at radius 2 is 2.06 bits per heavy atom. The molecule has 0 atom stereocenters. The third-order valence-electron chi connectivity index (χ3n) is 2.03. The van der Waals surface area contributed by atoms with Gasteiger partial charge in [-0.1, -0.05) is 11.6 Å². The summed E-state index contributed by atoms with van der Waals surface area (Å²) in [5.41, 5.74) is -0.728. The van der Waals surface area contributed by atoms with Gasteiger partial charge < -0.3 is 5.32 Å². The number of nitrogens with one attached hydrogen (secondary N) is 1. The molecule has 1 rings (SSSR count). The second kappa shape index (κ2) is 5.83. The minimum absolute atomic E-state index is 0.0276. The van der Waals surface area contributed by atoms with Crippen LogP contribution in [0.5, 0.6) is 0 Å². The van der Waals surface area contributed by atoms with Crippen molar-refractivity contribution in [3.8, 4) is 11.8 Å². The fourth-order valence-corrected chi connectivity index (χ4v) is 1.46. The lowest BCUT2D eigenvalue weighted by Crippen LogP contribution is -2.11. The molecule has 1 nitrogen and oxygen atoms in total. The summed E-state index contributed by atoms with van der Waals surface area (Å²) in [6.07, 6.45) is -3.92. The van der Waals surface area contributed by atoms with Gasteiger partial charge in [-0.15, -0.1) is 11.8 Å². The van der Waals surface area contributed by atoms with Gasteiger partial charge >= 0.3 is 6.18 Å². The lowest BCUT2D eigenvalue weighted by atomic mass is 10.1. The van der Waals surface area contributed by atoms with Gasteiger partial charge in [0.2, 0.25) is 0 Å². The van der Waals surface area contributed by atoms with Crippen LogP contribution in [0.25, 0.3) is 0 Å². The van der Waals surface area contributed by atoms with Gasteiger partial charge in [-0.3, -0.25) is 0 Å². The van der Waals surface area contributed by atoms with Crippen molar-refractivity contribution in [2.75, 3.05) is 11.9 Å². The van der Waals surface area contributed by atoms with Gasteiger partial charge in [0.25, 0.3) is 0 Å². The lowest BCUT2D eigenvalue weighted by molar-refractivity contribution is -0.136. The first kappa shape index (κ1) is 13.7. The van der Waals surface area contributed by atoms with Crippen LogP contribution in [-0.2, 0) is 6.18 Å². The minimum atomic E-state index is -4.41. The van der Waals surface area contributed by atoms with Crippen LogP contribution in [0.15, 0.2) is 18.2 Å². The van der Waals surface area contributed by atoms with Crippen LogP contribution in [-0.4, -0.2) is 6.54 Å². The first-order chi connectivity index (χ1) is 7.95. The zero-order valence-corrected chi connectivity index (χ0v) is 9.91. The topological polar surface area (TPSA) is 12.0 Å². The van der Waals surface area contributed by atoms with E-state index in [0.717, 1.165) is 6.07 Å². The second-order valence-electron chi connectivity index (χ2n) is 3.29. The second-order valence-corrected chi connectivity index (χ2v) is 3.73. The number of hydrogen-bond donors (Lipinski definition) is 1. The molecule has 5 heteroatoms. The van der Waals surface area contributed by atoms with Gasteiger partial charge in [0, 0.05) is 23.7 Å². The molecule has 0 aromatic heterocycles. The molecule has 0 aliphatic carbocycles. The van der Waals surface area contributed by atoms with Gasteiger partial charge in [-0.05, 0) is 25.1 Å². The van der Waals surface area contributed by atoms with Crippen molar-refractivity contribution in [3.05, 3.63) is 28.8 Å². The number of alkyl halides is 3. The van der Waals surface area contributed by atoms with Crippen LogP contribution in [0.2, 0.25) is 5.02 Å². The Bertz CT molecular complexity index is 443. The molecule has 17 heavy (non-hydrogen) atoms. The van der Waals surface area contributed by atoms with Crippen LogP contribution in [0.1, 0.15) is 18.9 Å².